The summed E-state index contributed by atoms with van der Waals surface area (Å²) in [5.41, 5.74) is 5.52. The number of carbonyl (C=O) groups is 1. The van der Waals surface area contributed by atoms with Crippen LogP contribution in [0.5, 0.6) is 0 Å². The van der Waals surface area contributed by atoms with Gasteiger partial charge in [0.2, 0.25) is 0 Å². The maximum atomic E-state index is 13.3. The number of nitrogens with two attached hydrogens (primary N) is 1. The third kappa shape index (κ3) is 3.38. The fourth-order valence-electron chi connectivity index (χ4n) is 1.74. The molecule has 7 heteroatoms. The lowest BCUT2D eigenvalue weighted by Gasteiger charge is -2.09. The minimum atomic E-state index is -3.38. The van der Waals surface area contributed by atoms with Gasteiger partial charge in [-0.15, -0.1) is 0 Å². The number of nitrogen functional groups attached to an aromatic ring is 1. The van der Waals surface area contributed by atoms with Crippen LogP contribution in [0.15, 0.2) is 47.4 Å². The van der Waals surface area contributed by atoms with Crippen molar-refractivity contribution < 1.29 is 17.6 Å². The number of anilines is 2. The average Bonchev–Trinajstić information content (AvgIpc) is 2.41. The SMILES string of the molecule is CS(=O)(=O)c1cccc(NC(=O)c2cccc(F)c2N)c1. The van der Waals surface area contributed by atoms with E-state index in [1.165, 1.54) is 36.4 Å². The molecule has 2 aromatic carbocycles. The number of sulfone groups is 1. The molecule has 2 aromatic rings. The molecule has 3 N–H and O–H groups in total. The number of halogens is 1. The summed E-state index contributed by atoms with van der Waals surface area (Å²) >= 11 is 0. The van der Waals surface area contributed by atoms with E-state index in [1.54, 1.807) is 0 Å². The van der Waals surface area contributed by atoms with Crippen molar-refractivity contribution >= 4 is 27.1 Å². The molecule has 0 heterocycles. The number of carbonyl (C=O) groups excluding carboxylic acids is 1. The van der Waals surface area contributed by atoms with Crippen LogP contribution in [0.1, 0.15) is 10.4 Å². The Hall–Kier alpha value is -2.41. The first kappa shape index (κ1) is 15.0. The molecule has 0 atom stereocenters. The molecule has 0 unspecified atom stereocenters. The van der Waals surface area contributed by atoms with Gasteiger partial charge in [-0.25, -0.2) is 12.8 Å². The Morgan fingerprint density at radius 3 is 2.52 bits per heavy atom. The Balaban J connectivity index is 2.30. The Morgan fingerprint density at radius 1 is 1.19 bits per heavy atom. The van der Waals surface area contributed by atoms with Crippen LogP contribution in [0.25, 0.3) is 0 Å². The van der Waals surface area contributed by atoms with Crippen molar-refractivity contribution in [2.45, 2.75) is 4.90 Å². The van der Waals surface area contributed by atoms with Gasteiger partial charge in [-0.1, -0.05) is 12.1 Å². The van der Waals surface area contributed by atoms with E-state index in [9.17, 15) is 17.6 Å². The molecule has 0 spiro atoms. The van der Waals surface area contributed by atoms with E-state index in [0.717, 1.165) is 12.3 Å². The molecule has 21 heavy (non-hydrogen) atoms. The highest BCUT2D eigenvalue weighted by molar-refractivity contribution is 7.90. The Bertz CT molecular complexity index is 804. The van der Waals surface area contributed by atoms with Crippen molar-refractivity contribution in [2.24, 2.45) is 0 Å². The van der Waals surface area contributed by atoms with Crippen LogP contribution < -0.4 is 11.1 Å². The Morgan fingerprint density at radius 2 is 1.86 bits per heavy atom. The molecule has 0 aliphatic carbocycles. The highest BCUT2D eigenvalue weighted by Crippen LogP contribution is 2.19. The molecule has 0 aliphatic heterocycles. The average molecular weight is 308 g/mol. The van der Waals surface area contributed by atoms with E-state index >= 15 is 0 Å². The van der Waals surface area contributed by atoms with E-state index in [-0.39, 0.29) is 21.8 Å². The summed E-state index contributed by atoms with van der Waals surface area (Å²) in [6, 6.07) is 9.67. The molecule has 1 amide bonds. The van der Waals surface area contributed by atoms with E-state index in [0.29, 0.717) is 0 Å². The zero-order valence-electron chi connectivity index (χ0n) is 11.1. The highest BCUT2D eigenvalue weighted by Gasteiger charge is 2.14. The van der Waals surface area contributed by atoms with Gasteiger partial charge in [0.25, 0.3) is 5.91 Å². The van der Waals surface area contributed by atoms with Gasteiger partial charge in [0, 0.05) is 11.9 Å². The second-order valence-electron chi connectivity index (χ2n) is 4.46. The van der Waals surface area contributed by atoms with Gasteiger partial charge in [0.05, 0.1) is 16.1 Å². The summed E-state index contributed by atoms with van der Waals surface area (Å²) in [5, 5.41) is 2.49. The quantitative estimate of drug-likeness (QED) is 0.849. The van der Waals surface area contributed by atoms with Gasteiger partial charge in [-0.05, 0) is 30.3 Å². The van der Waals surface area contributed by atoms with Crippen LogP contribution in [-0.4, -0.2) is 20.6 Å². The lowest BCUT2D eigenvalue weighted by Crippen LogP contribution is -2.15. The zero-order valence-corrected chi connectivity index (χ0v) is 11.9. The number of nitrogens with one attached hydrogen (secondary N) is 1. The molecule has 0 saturated heterocycles. The highest BCUT2D eigenvalue weighted by atomic mass is 32.2. The summed E-state index contributed by atoms with van der Waals surface area (Å²) in [5.74, 6) is -1.30. The second kappa shape index (κ2) is 5.53. The monoisotopic (exact) mass is 308 g/mol. The van der Waals surface area contributed by atoms with Crippen LogP contribution in [0.3, 0.4) is 0 Å². The topological polar surface area (TPSA) is 89.3 Å². The number of hydrogen-bond acceptors (Lipinski definition) is 4. The Kier molecular flexibility index (Phi) is 3.95. The Labute approximate surface area is 121 Å². The van der Waals surface area contributed by atoms with Gasteiger partial charge in [-0.2, -0.15) is 0 Å². The van der Waals surface area contributed by atoms with Crippen molar-refractivity contribution in [3.63, 3.8) is 0 Å². The summed E-state index contributed by atoms with van der Waals surface area (Å²) < 4.78 is 36.2. The van der Waals surface area contributed by atoms with Crippen molar-refractivity contribution in [3.05, 3.63) is 53.8 Å². The standard InChI is InChI=1S/C14H13FN2O3S/c1-21(19,20)10-5-2-4-9(8-10)17-14(18)11-6-3-7-12(15)13(11)16/h2-8H,16H2,1H3,(H,17,18). The lowest BCUT2D eigenvalue weighted by atomic mass is 10.1. The van der Waals surface area contributed by atoms with Gasteiger partial charge in [-0.3, -0.25) is 4.79 Å². The van der Waals surface area contributed by atoms with E-state index in [4.69, 9.17) is 5.73 Å². The summed E-state index contributed by atoms with van der Waals surface area (Å²) in [7, 11) is -3.38. The first-order valence-electron chi connectivity index (χ1n) is 5.94. The number of benzene rings is 2. The normalized spacial score (nSPS) is 11.1. The molecule has 0 radical (unpaired) electrons. The van der Waals surface area contributed by atoms with E-state index in [2.05, 4.69) is 5.32 Å². The second-order valence-corrected chi connectivity index (χ2v) is 6.47. The fourth-order valence-corrected chi connectivity index (χ4v) is 2.40. The van der Waals surface area contributed by atoms with E-state index in [1.807, 2.05) is 0 Å². The number of hydrogen-bond donors (Lipinski definition) is 2. The molecule has 0 fully saturated rings. The lowest BCUT2D eigenvalue weighted by molar-refractivity contribution is 0.102. The minimum Gasteiger partial charge on any atom is -0.396 e. The summed E-state index contributed by atoms with van der Waals surface area (Å²) in [4.78, 5) is 12.1. The first-order chi connectivity index (χ1) is 9.79. The minimum absolute atomic E-state index is 0.0141. The van der Waals surface area contributed by atoms with Gasteiger partial charge < -0.3 is 11.1 Å². The van der Waals surface area contributed by atoms with Crippen LogP contribution in [0.4, 0.5) is 15.8 Å². The molecule has 0 saturated carbocycles. The number of rotatable bonds is 3. The molecular formula is C14H13FN2O3S. The van der Waals surface area contributed by atoms with Crippen molar-refractivity contribution in [1.29, 1.82) is 0 Å². The van der Waals surface area contributed by atoms with Gasteiger partial charge in [0.15, 0.2) is 9.84 Å². The number of para-hydroxylation sites is 1. The predicted molar refractivity (Wildman–Crippen MR) is 78.3 cm³/mol. The van der Waals surface area contributed by atoms with Crippen molar-refractivity contribution in [3.8, 4) is 0 Å². The maximum absolute atomic E-state index is 13.3. The van der Waals surface area contributed by atoms with Crippen LogP contribution >= 0.6 is 0 Å². The predicted octanol–water partition coefficient (Wildman–Crippen LogP) is 2.06. The third-order valence-corrected chi connectivity index (χ3v) is 3.93. The molecule has 0 aliphatic rings. The third-order valence-electron chi connectivity index (χ3n) is 2.82. The molecule has 0 bridgehead atoms. The first-order valence-corrected chi connectivity index (χ1v) is 7.83. The van der Waals surface area contributed by atoms with Gasteiger partial charge in [0.1, 0.15) is 5.82 Å². The van der Waals surface area contributed by atoms with Crippen molar-refractivity contribution in [1.82, 2.24) is 0 Å². The molecule has 110 valence electrons. The number of amides is 1. The van der Waals surface area contributed by atoms with Crippen LogP contribution in [0, 0.1) is 5.82 Å². The summed E-state index contributed by atoms with van der Waals surface area (Å²) in [6.45, 7) is 0. The molecular weight excluding hydrogens is 295 g/mol. The van der Waals surface area contributed by atoms with Crippen LogP contribution in [-0.2, 0) is 9.84 Å². The molecule has 2 rings (SSSR count). The van der Waals surface area contributed by atoms with E-state index < -0.39 is 21.6 Å². The smallest absolute Gasteiger partial charge is 0.257 e. The zero-order chi connectivity index (χ0) is 15.6. The maximum Gasteiger partial charge on any atom is 0.257 e. The van der Waals surface area contributed by atoms with Gasteiger partial charge >= 0.3 is 0 Å². The van der Waals surface area contributed by atoms with Crippen LogP contribution in [0.2, 0.25) is 0 Å². The fraction of sp³-hybridized carbons (Fsp3) is 0.0714. The molecule has 5 nitrogen and oxygen atoms in total. The van der Waals surface area contributed by atoms with Crippen molar-refractivity contribution in [2.75, 3.05) is 17.3 Å². The molecule has 0 aromatic heterocycles. The summed E-state index contributed by atoms with van der Waals surface area (Å²) in [6.07, 6.45) is 1.07. The largest absolute Gasteiger partial charge is 0.396 e.